The fraction of sp³-hybridized carbons (Fsp3) is 0.360. The maximum Gasteiger partial charge on any atom is 0.159 e. The zero-order valence-corrected chi connectivity index (χ0v) is 19.1. The lowest BCUT2D eigenvalue weighted by Crippen LogP contribution is -2.39. The van der Waals surface area contributed by atoms with E-state index in [1.165, 1.54) is 0 Å². The molecule has 1 aromatic carbocycles. The predicted molar refractivity (Wildman–Crippen MR) is 126 cm³/mol. The summed E-state index contributed by atoms with van der Waals surface area (Å²) in [6, 6.07) is 8.00. The van der Waals surface area contributed by atoms with Crippen molar-refractivity contribution in [3.05, 3.63) is 61.4 Å². The van der Waals surface area contributed by atoms with Crippen molar-refractivity contribution in [2.45, 2.75) is 51.0 Å². The van der Waals surface area contributed by atoms with Gasteiger partial charge in [0.2, 0.25) is 0 Å². The van der Waals surface area contributed by atoms with Crippen LogP contribution >= 0.6 is 0 Å². The topological polar surface area (TPSA) is 73.5 Å². The molecule has 1 fully saturated rings. The summed E-state index contributed by atoms with van der Waals surface area (Å²) in [5.74, 6) is 0.649. The van der Waals surface area contributed by atoms with Gasteiger partial charge in [-0.1, -0.05) is 18.2 Å². The van der Waals surface area contributed by atoms with Gasteiger partial charge in [-0.3, -0.25) is 9.36 Å². The molecule has 0 bridgehead atoms. The van der Waals surface area contributed by atoms with E-state index < -0.39 is 6.17 Å². The lowest BCUT2D eigenvalue weighted by Gasteiger charge is -2.23. The number of benzene rings is 1. The molecule has 3 aromatic heterocycles. The lowest BCUT2D eigenvalue weighted by atomic mass is 10.0. The minimum Gasteiger partial charge on any atom is -0.309 e. The molecule has 1 aliphatic heterocycles. The van der Waals surface area contributed by atoms with Gasteiger partial charge in [0.05, 0.1) is 18.4 Å². The molecule has 7 nitrogen and oxygen atoms in total. The molecule has 5 rings (SSSR count). The largest absolute Gasteiger partial charge is 0.309 e. The molecule has 4 atom stereocenters. The molecule has 1 N–H and O–H groups in total. The summed E-state index contributed by atoms with van der Waals surface area (Å²) in [6.45, 7) is 3.98. The molecule has 0 aliphatic carbocycles. The highest BCUT2D eigenvalue weighted by molar-refractivity contribution is 5.70. The Morgan fingerprint density at radius 1 is 0.939 bits per heavy atom. The SMILES string of the molecule is C[C@H]([C@H](F)[C@H]1CC[C@H](C)N1)n1cc(-c2cnc(-c3cccc(-c4cnn(C)c4)c3)nc2)cn1. The average Bonchev–Trinajstić information content (AvgIpc) is 3.59. The number of hydrogen-bond donors (Lipinski definition) is 1. The number of rotatable bonds is 6. The Balaban J connectivity index is 1.32. The van der Waals surface area contributed by atoms with Crippen LogP contribution in [0.15, 0.2) is 61.4 Å². The fourth-order valence-corrected chi connectivity index (χ4v) is 4.44. The third-order valence-corrected chi connectivity index (χ3v) is 6.42. The molecule has 0 saturated carbocycles. The summed E-state index contributed by atoms with van der Waals surface area (Å²) in [5.41, 5.74) is 4.77. The lowest BCUT2D eigenvalue weighted by molar-refractivity contribution is 0.181. The highest BCUT2D eigenvalue weighted by Gasteiger charge is 2.32. The highest BCUT2D eigenvalue weighted by Crippen LogP contribution is 2.28. The van der Waals surface area contributed by atoms with E-state index in [4.69, 9.17) is 0 Å². The minimum absolute atomic E-state index is 0.118. The standard InChI is InChI=1S/C25H28FN7/c1-16-7-8-23(31-16)24(26)17(2)33-15-22(13-30-33)20-10-27-25(28-11-20)19-6-4-5-18(9-19)21-12-29-32(3)14-21/h4-6,9-17,23-24,31H,7-8H2,1-3H3/t16-,17+,23+,24-/m0/s1. The molecule has 4 heterocycles. The Kier molecular flexibility index (Phi) is 5.76. The second kappa shape index (κ2) is 8.86. The first kappa shape index (κ1) is 21.5. The summed E-state index contributed by atoms with van der Waals surface area (Å²) in [4.78, 5) is 9.15. The van der Waals surface area contributed by atoms with Crippen molar-refractivity contribution < 1.29 is 4.39 Å². The number of alkyl halides is 1. The van der Waals surface area contributed by atoms with Crippen molar-refractivity contribution in [3.63, 3.8) is 0 Å². The molecule has 1 aliphatic rings. The van der Waals surface area contributed by atoms with Gasteiger partial charge in [-0.2, -0.15) is 10.2 Å². The second-order valence-electron chi connectivity index (χ2n) is 8.92. The Morgan fingerprint density at radius 3 is 2.36 bits per heavy atom. The summed E-state index contributed by atoms with van der Waals surface area (Å²) in [5, 5.41) is 12.0. The van der Waals surface area contributed by atoms with Crippen LogP contribution in [0.2, 0.25) is 0 Å². The Bertz CT molecular complexity index is 1230. The van der Waals surface area contributed by atoms with E-state index in [0.717, 1.165) is 40.7 Å². The maximum absolute atomic E-state index is 15.0. The first-order valence-corrected chi connectivity index (χ1v) is 11.3. The fourth-order valence-electron chi connectivity index (χ4n) is 4.44. The third-order valence-electron chi connectivity index (χ3n) is 6.42. The van der Waals surface area contributed by atoms with Gasteiger partial charge in [0, 0.05) is 66.2 Å². The molecule has 0 amide bonds. The monoisotopic (exact) mass is 445 g/mol. The van der Waals surface area contributed by atoms with Crippen LogP contribution in [0.25, 0.3) is 33.6 Å². The van der Waals surface area contributed by atoms with E-state index >= 15 is 4.39 Å². The molecular formula is C25H28FN7. The zero-order valence-electron chi connectivity index (χ0n) is 19.1. The van der Waals surface area contributed by atoms with Crippen LogP contribution in [0, 0.1) is 0 Å². The van der Waals surface area contributed by atoms with Gasteiger partial charge < -0.3 is 5.32 Å². The predicted octanol–water partition coefficient (Wildman–Crippen LogP) is 4.45. The van der Waals surface area contributed by atoms with Crippen molar-refractivity contribution >= 4 is 0 Å². The quantitative estimate of drug-likeness (QED) is 0.475. The first-order chi connectivity index (χ1) is 16.0. The average molecular weight is 446 g/mol. The van der Waals surface area contributed by atoms with Gasteiger partial charge in [0.1, 0.15) is 6.17 Å². The summed E-state index contributed by atoms with van der Waals surface area (Å²) in [7, 11) is 1.90. The molecule has 8 heteroatoms. The molecule has 0 unspecified atom stereocenters. The molecule has 170 valence electrons. The van der Waals surface area contributed by atoms with Crippen LogP contribution in [0.4, 0.5) is 4.39 Å². The summed E-state index contributed by atoms with van der Waals surface area (Å²) in [6.07, 6.45) is 11.9. The maximum atomic E-state index is 15.0. The van der Waals surface area contributed by atoms with Crippen LogP contribution in [0.5, 0.6) is 0 Å². The Morgan fingerprint density at radius 2 is 1.67 bits per heavy atom. The van der Waals surface area contributed by atoms with E-state index in [-0.39, 0.29) is 12.1 Å². The third kappa shape index (κ3) is 4.43. The van der Waals surface area contributed by atoms with Crippen LogP contribution in [-0.4, -0.2) is 47.8 Å². The number of aromatic nitrogens is 6. The van der Waals surface area contributed by atoms with E-state index in [0.29, 0.717) is 11.9 Å². The van der Waals surface area contributed by atoms with E-state index in [9.17, 15) is 0 Å². The molecule has 4 aromatic rings. The summed E-state index contributed by atoms with van der Waals surface area (Å²) < 4.78 is 18.5. The molecule has 1 saturated heterocycles. The van der Waals surface area contributed by atoms with E-state index in [1.54, 1.807) is 28.0 Å². The zero-order chi connectivity index (χ0) is 22.9. The smallest absolute Gasteiger partial charge is 0.159 e. The Labute approximate surface area is 192 Å². The van der Waals surface area contributed by atoms with Crippen molar-refractivity contribution in [1.82, 2.24) is 34.8 Å². The van der Waals surface area contributed by atoms with E-state index in [2.05, 4.69) is 38.5 Å². The van der Waals surface area contributed by atoms with Crippen LogP contribution in [-0.2, 0) is 7.05 Å². The van der Waals surface area contributed by atoms with Gasteiger partial charge in [-0.15, -0.1) is 0 Å². The van der Waals surface area contributed by atoms with Crippen LogP contribution in [0.3, 0.4) is 0 Å². The number of nitrogens with zero attached hydrogens (tertiary/aromatic N) is 6. The second-order valence-corrected chi connectivity index (χ2v) is 8.92. The van der Waals surface area contributed by atoms with Crippen molar-refractivity contribution in [2.75, 3.05) is 0 Å². The van der Waals surface area contributed by atoms with Gasteiger partial charge >= 0.3 is 0 Å². The number of halogens is 1. The highest BCUT2D eigenvalue weighted by atomic mass is 19.1. The molecule has 0 spiro atoms. The van der Waals surface area contributed by atoms with Crippen molar-refractivity contribution in [3.8, 4) is 33.6 Å². The molecular weight excluding hydrogens is 417 g/mol. The van der Waals surface area contributed by atoms with Gasteiger partial charge in [0.25, 0.3) is 0 Å². The summed E-state index contributed by atoms with van der Waals surface area (Å²) >= 11 is 0. The molecule has 0 radical (unpaired) electrons. The first-order valence-electron chi connectivity index (χ1n) is 11.3. The molecule has 33 heavy (non-hydrogen) atoms. The van der Waals surface area contributed by atoms with Crippen molar-refractivity contribution in [2.24, 2.45) is 7.05 Å². The number of nitrogens with one attached hydrogen (secondary N) is 1. The van der Waals surface area contributed by atoms with Gasteiger partial charge in [-0.25, -0.2) is 14.4 Å². The van der Waals surface area contributed by atoms with Crippen LogP contribution in [0.1, 0.15) is 32.7 Å². The van der Waals surface area contributed by atoms with Gasteiger partial charge in [0.15, 0.2) is 5.82 Å². The normalized spacial score (nSPS) is 20.1. The number of hydrogen-bond acceptors (Lipinski definition) is 5. The Hall–Kier alpha value is -3.39. The van der Waals surface area contributed by atoms with Crippen molar-refractivity contribution in [1.29, 1.82) is 0 Å². The van der Waals surface area contributed by atoms with E-state index in [1.807, 2.05) is 50.8 Å². The van der Waals surface area contributed by atoms with Gasteiger partial charge in [-0.05, 0) is 38.3 Å². The van der Waals surface area contributed by atoms with Crippen LogP contribution < -0.4 is 5.32 Å². The minimum atomic E-state index is -0.992. The number of aryl methyl sites for hydroxylation is 1.